The zero-order chi connectivity index (χ0) is 19.8. The smallest absolute Gasteiger partial charge is 0.369 e. The van der Waals surface area contributed by atoms with E-state index >= 15 is 0 Å². The number of halogens is 4. The lowest BCUT2D eigenvalue weighted by molar-refractivity contribution is -0.156. The SMILES string of the molecule is O=C1C(=O)N(CC(F)(F)F)C(=O)N1CN1CCN(c2cccc(Cl)c2)CC1. The van der Waals surface area contributed by atoms with Gasteiger partial charge in [0.2, 0.25) is 0 Å². The summed E-state index contributed by atoms with van der Waals surface area (Å²) in [6.45, 7) is 0.109. The van der Waals surface area contributed by atoms with E-state index in [1.807, 2.05) is 18.2 Å². The van der Waals surface area contributed by atoms with Crippen LogP contribution in [0.15, 0.2) is 24.3 Å². The van der Waals surface area contributed by atoms with Crippen molar-refractivity contribution >= 4 is 35.1 Å². The van der Waals surface area contributed by atoms with Crippen LogP contribution in [0.1, 0.15) is 0 Å². The van der Waals surface area contributed by atoms with Crippen molar-refractivity contribution in [1.29, 1.82) is 0 Å². The molecule has 3 rings (SSSR count). The molecule has 2 saturated heterocycles. The largest absolute Gasteiger partial charge is 0.406 e. The first-order chi connectivity index (χ1) is 12.7. The summed E-state index contributed by atoms with van der Waals surface area (Å²) in [6.07, 6.45) is -4.76. The van der Waals surface area contributed by atoms with Gasteiger partial charge in [0.25, 0.3) is 0 Å². The summed E-state index contributed by atoms with van der Waals surface area (Å²) in [6, 6.07) is 6.07. The first kappa shape index (κ1) is 19.4. The summed E-state index contributed by atoms with van der Waals surface area (Å²) in [4.78, 5) is 39.9. The van der Waals surface area contributed by atoms with Crippen molar-refractivity contribution in [2.45, 2.75) is 6.18 Å². The number of nitrogens with zero attached hydrogens (tertiary/aromatic N) is 4. The van der Waals surface area contributed by atoms with Gasteiger partial charge in [-0.2, -0.15) is 13.2 Å². The highest BCUT2D eigenvalue weighted by Crippen LogP contribution is 2.23. The maximum Gasteiger partial charge on any atom is 0.406 e. The average molecular weight is 405 g/mol. The summed E-state index contributed by atoms with van der Waals surface area (Å²) in [7, 11) is 0. The molecule has 2 aliphatic heterocycles. The molecule has 0 atom stereocenters. The van der Waals surface area contributed by atoms with E-state index in [4.69, 9.17) is 11.6 Å². The molecule has 0 aliphatic carbocycles. The number of carbonyl (C=O) groups excluding carboxylic acids is 3. The lowest BCUT2D eigenvalue weighted by Gasteiger charge is -2.37. The zero-order valence-electron chi connectivity index (χ0n) is 14.1. The van der Waals surface area contributed by atoms with Gasteiger partial charge in [0.15, 0.2) is 0 Å². The topological polar surface area (TPSA) is 64.2 Å². The van der Waals surface area contributed by atoms with Crippen LogP contribution in [0.5, 0.6) is 0 Å². The molecule has 2 heterocycles. The molecular formula is C16H16ClF3N4O3. The second-order valence-electron chi connectivity index (χ2n) is 6.25. The number of benzene rings is 1. The Bertz CT molecular complexity index is 766. The molecule has 0 N–H and O–H groups in total. The third-order valence-electron chi connectivity index (χ3n) is 4.36. The van der Waals surface area contributed by atoms with E-state index < -0.39 is 30.6 Å². The number of carbonyl (C=O) groups is 3. The Morgan fingerprint density at radius 3 is 2.19 bits per heavy atom. The number of rotatable bonds is 4. The molecule has 0 saturated carbocycles. The summed E-state index contributed by atoms with van der Waals surface area (Å²) >= 11 is 5.98. The monoisotopic (exact) mass is 404 g/mol. The maximum absolute atomic E-state index is 12.5. The number of hydrogen-bond acceptors (Lipinski definition) is 5. The Labute approximate surface area is 157 Å². The van der Waals surface area contributed by atoms with Crippen LogP contribution in [0.25, 0.3) is 0 Å². The molecule has 0 unspecified atom stereocenters. The fourth-order valence-corrected chi connectivity index (χ4v) is 3.20. The number of anilines is 1. The van der Waals surface area contributed by atoms with Gasteiger partial charge in [0.1, 0.15) is 6.54 Å². The molecule has 1 aromatic carbocycles. The van der Waals surface area contributed by atoms with E-state index in [0.29, 0.717) is 36.1 Å². The summed E-state index contributed by atoms with van der Waals surface area (Å²) in [5.41, 5.74) is 0.932. The number of imide groups is 2. The van der Waals surface area contributed by atoms with Gasteiger partial charge in [-0.05, 0) is 18.2 Å². The third kappa shape index (κ3) is 4.33. The lowest BCUT2D eigenvalue weighted by Crippen LogP contribution is -2.51. The molecular weight excluding hydrogens is 389 g/mol. The van der Waals surface area contributed by atoms with Crippen LogP contribution in [-0.4, -0.2) is 78.1 Å². The van der Waals surface area contributed by atoms with E-state index in [-0.39, 0.29) is 11.6 Å². The van der Waals surface area contributed by atoms with E-state index in [2.05, 4.69) is 4.90 Å². The molecule has 11 heteroatoms. The van der Waals surface area contributed by atoms with Crippen LogP contribution in [0.2, 0.25) is 5.02 Å². The predicted molar refractivity (Wildman–Crippen MR) is 90.1 cm³/mol. The Morgan fingerprint density at radius 1 is 0.963 bits per heavy atom. The van der Waals surface area contributed by atoms with E-state index in [1.54, 1.807) is 11.0 Å². The van der Waals surface area contributed by atoms with Crippen molar-refractivity contribution in [3.63, 3.8) is 0 Å². The molecule has 1 aromatic rings. The molecule has 0 bridgehead atoms. The molecule has 0 aromatic heterocycles. The van der Waals surface area contributed by atoms with Crippen molar-refractivity contribution in [3.8, 4) is 0 Å². The number of alkyl halides is 3. The molecule has 2 fully saturated rings. The molecule has 7 nitrogen and oxygen atoms in total. The van der Waals surface area contributed by atoms with Gasteiger partial charge in [-0.3, -0.25) is 14.5 Å². The number of piperazine rings is 1. The highest BCUT2D eigenvalue weighted by molar-refractivity contribution is 6.44. The highest BCUT2D eigenvalue weighted by Gasteiger charge is 2.49. The molecule has 2 aliphatic rings. The Kier molecular flexibility index (Phi) is 5.29. The standard InChI is InChI=1S/C16H16ClF3N4O3/c17-11-2-1-3-12(8-11)22-6-4-21(5-7-22)10-24-14(26)13(25)23(15(24)27)9-16(18,19)20/h1-3,8H,4-7,9-10H2. The van der Waals surface area contributed by atoms with Crippen LogP contribution in [-0.2, 0) is 9.59 Å². The van der Waals surface area contributed by atoms with Gasteiger partial charge in [0, 0.05) is 36.9 Å². The van der Waals surface area contributed by atoms with E-state index in [1.165, 1.54) is 0 Å². The molecule has 27 heavy (non-hydrogen) atoms. The minimum absolute atomic E-state index is 0.0649. The minimum Gasteiger partial charge on any atom is -0.369 e. The Morgan fingerprint density at radius 2 is 1.59 bits per heavy atom. The van der Waals surface area contributed by atoms with Crippen LogP contribution in [0.3, 0.4) is 0 Å². The third-order valence-corrected chi connectivity index (χ3v) is 4.59. The highest BCUT2D eigenvalue weighted by atomic mass is 35.5. The molecule has 0 spiro atoms. The van der Waals surface area contributed by atoms with Crippen LogP contribution < -0.4 is 4.90 Å². The Hall–Kier alpha value is -2.33. The average Bonchev–Trinajstić information content (AvgIpc) is 2.79. The van der Waals surface area contributed by atoms with Gasteiger partial charge in [-0.15, -0.1) is 0 Å². The maximum atomic E-state index is 12.5. The normalized spacial score (nSPS) is 19.4. The van der Waals surface area contributed by atoms with Gasteiger partial charge in [-0.1, -0.05) is 17.7 Å². The quantitative estimate of drug-likeness (QED) is 0.565. The van der Waals surface area contributed by atoms with Gasteiger partial charge < -0.3 is 4.90 Å². The zero-order valence-corrected chi connectivity index (χ0v) is 14.8. The second kappa shape index (κ2) is 7.35. The Balaban J connectivity index is 1.59. The van der Waals surface area contributed by atoms with Gasteiger partial charge in [0.05, 0.1) is 6.67 Å². The van der Waals surface area contributed by atoms with Crippen molar-refractivity contribution in [2.75, 3.05) is 44.3 Å². The van der Waals surface area contributed by atoms with Crippen LogP contribution in [0.4, 0.5) is 23.7 Å². The van der Waals surface area contributed by atoms with E-state index in [9.17, 15) is 27.6 Å². The first-order valence-corrected chi connectivity index (χ1v) is 8.50. The van der Waals surface area contributed by atoms with Crippen molar-refractivity contribution in [2.24, 2.45) is 0 Å². The second-order valence-corrected chi connectivity index (χ2v) is 6.69. The predicted octanol–water partition coefficient (Wildman–Crippen LogP) is 1.77. The summed E-state index contributed by atoms with van der Waals surface area (Å²) in [5.74, 6) is -2.68. The number of hydrogen-bond donors (Lipinski definition) is 0. The van der Waals surface area contributed by atoms with Crippen molar-refractivity contribution < 1.29 is 27.6 Å². The van der Waals surface area contributed by atoms with Crippen LogP contribution in [0, 0.1) is 0 Å². The lowest BCUT2D eigenvalue weighted by atomic mass is 10.2. The van der Waals surface area contributed by atoms with Crippen LogP contribution >= 0.6 is 11.6 Å². The first-order valence-electron chi connectivity index (χ1n) is 8.12. The number of urea groups is 1. The summed E-state index contributed by atoms with van der Waals surface area (Å²) in [5, 5.41) is 0.603. The number of amides is 4. The fraction of sp³-hybridized carbons (Fsp3) is 0.438. The van der Waals surface area contributed by atoms with Crippen molar-refractivity contribution in [1.82, 2.24) is 14.7 Å². The minimum atomic E-state index is -4.76. The molecule has 4 amide bonds. The summed E-state index contributed by atoms with van der Waals surface area (Å²) < 4.78 is 37.5. The molecule has 146 valence electrons. The van der Waals surface area contributed by atoms with Crippen molar-refractivity contribution in [3.05, 3.63) is 29.3 Å². The fourth-order valence-electron chi connectivity index (χ4n) is 3.01. The van der Waals surface area contributed by atoms with Gasteiger partial charge >= 0.3 is 24.0 Å². The van der Waals surface area contributed by atoms with E-state index in [0.717, 1.165) is 5.69 Å². The molecule has 0 radical (unpaired) electrons. The van der Waals surface area contributed by atoms with Gasteiger partial charge in [-0.25, -0.2) is 14.6 Å².